The molecule has 0 spiro atoms. The Labute approximate surface area is 134 Å². The lowest BCUT2D eigenvalue weighted by Crippen LogP contribution is -2.43. The van der Waals surface area contributed by atoms with Gasteiger partial charge in [0, 0.05) is 13.6 Å². The van der Waals surface area contributed by atoms with Crippen molar-refractivity contribution in [3.05, 3.63) is 35.9 Å². The van der Waals surface area contributed by atoms with E-state index in [1.165, 1.54) is 0 Å². The highest BCUT2D eigenvalue weighted by atomic mass is 35.5. The molecule has 5 heteroatoms. The molecule has 0 unspecified atom stereocenters. The van der Waals surface area contributed by atoms with Gasteiger partial charge in [-0.2, -0.15) is 0 Å². The molecule has 0 aliphatic carbocycles. The maximum Gasteiger partial charge on any atom is 0.239 e. The molecule has 21 heavy (non-hydrogen) atoms. The first kappa shape index (κ1) is 19.9. The lowest BCUT2D eigenvalue weighted by Gasteiger charge is -2.22. The summed E-state index contributed by atoms with van der Waals surface area (Å²) in [5, 5.41) is 0. The molecule has 1 atom stereocenters. The van der Waals surface area contributed by atoms with Crippen LogP contribution < -0.4 is 5.73 Å². The second-order valence-corrected chi connectivity index (χ2v) is 5.53. The predicted molar refractivity (Wildman–Crippen MR) is 88.4 cm³/mol. The maximum atomic E-state index is 12.0. The molecule has 1 rings (SSSR count). The van der Waals surface area contributed by atoms with E-state index in [1.807, 2.05) is 30.3 Å². The molecule has 0 aliphatic rings. The van der Waals surface area contributed by atoms with E-state index < -0.39 is 6.04 Å². The summed E-state index contributed by atoms with van der Waals surface area (Å²) < 4.78 is 5.57. The van der Waals surface area contributed by atoms with Gasteiger partial charge >= 0.3 is 0 Å². The number of rotatable bonds is 8. The molecule has 0 radical (unpaired) electrons. The molecule has 0 aliphatic heterocycles. The van der Waals surface area contributed by atoms with E-state index in [0.717, 1.165) is 5.56 Å². The summed E-state index contributed by atoms with van der Waals surface area (Å²) >= 11 is 0. The summed E-state index contributed by atoms with van der Waals surface area (Å²) in [7, 11) is 1.77. The second kappa shape index (κ2) is 10.6. The molecule has 120 valence electrons. The molecular weight excluding hydrogens is 288 g/mol. The van der Waals surface area contributed by atoms with Crippen LogP contribution in [0.4, 0.5) is 0 Å². The fraction of sp³-hybridized carbons (Fsp3) is 0.562. The van der Waals surface area contributed by atoms with Gasteiger partial charge in [-0.15, -0.1) is 12.4 Å². The van der Waals surface area contributed by atoms with Gasteiger partial charge in [-0.3, -0.25) is 4.79 Å². The van der Waals surface area contributed by atoms with Crippen molar-refractivity contribution in [2.75, 3.05) is 20.2 Å². The summed E-state index contributed by atoms with van der Waals surface area (Å²) in [4.78, 5) is 13.6. The molecule has 0 saturated carbocycles. The molecule has 2 N–H and O–H groups in total. The molecule has 1 amide bonds. The minimum atomic E-state index is -0.408. The van der Waals surface area contributed by atoms with E-state index in [-0.39, 0.29) is 18.3 Å². The Morgan fingerprint density at radius 1 is 1.29 bits per heavy atom. The summed E-state index contributed by atoms with van der Waals surface area (Å²) in [5.41, 5.74) is 7.02. The van der Waals surface area contributed by atoms with Crippen LogP contribution >= 0.6 is 12.4 Å². The minimum Gasteiger partial charge on any atom is -0.375 e. The Kier molecular flexibility index (Phi) is 10.0. The van der Waals surface area contributed by atoms with E-state index in [2.05, 4.69) is 13.8 Å². The van der Waals surface area contributed by atoms with Crippen LogP contribution in [0.3, 0.4) is 0 Å². The Balaban J connectivity index is 0.00000400. The van der Waals surface area contributed by atoms with Gasteiger partial charge < -0.3 is 15.4 Å². The largest absolute Gasteiger partial charge is 0.375 e. The van der Waals surface area contributed by atoms with Gasteiger partial charge in [0.05, 0.1) is 19.3 Å². The molecule has 0 aromatic heterocycles. The van der Waals surface area contributed by atoms with Crippen molar-refractivity contribution in [2.45, 2.75) is 32.9 Å². The summed E-state index contributed by atoms with van der Waals surface area (Å²) in [6.07, 6.45) is 0.716. The van der Waals surface area contributed by atoms with Crippen molar-refractivity contribution in [2.24, 2.45) is 11.7 Å². The summed E-state index contributed by atoms with van der Waals surface area (Å²) in [6.45, 7) is 5.79. The van der Waals surface area contributed by atoms with Crippen LogP contribution in [0.25, 0.3) is 0 Å². The number of likely N-dealkylation sites (N-methyl/N-ethyl adjacent to an activating group) is 1. The Bertz CT molecular complexity index is 399. The van der Waals surface area contributed by atoms with Gasteiger partial charge in [0.2, 0.25) is 5.91 Å². The highest BCUT2D eigenvalue weighted by molar-refractivity contribution is 5.85. The normalized spacial score (nSPS) is 11.9. The molecular formula is C16H27ClN2O2. The zero-order valence-electron chi connectivity index (χ0n) is 13.1. The Morgan fingerprint density at radius 2 is 1.90 bits per heavy atom. The van der Waals surface area contributed by atoms with Crippen LogP contribution in [-0.2, 0) is 16.1 Å². The first-order valence-corrected chi connectivity index (χ1v) is 7.13. The third-order valence-corrected chi connectivity index (χ3v) is 3.10. The van der Waals surface area contributed by atoms with E-state index in [1.54, 1.807) is 11.9 Å². The second-order valence-electron chi connectivity index (χ2n) is 5.53. The Hall–Kier alpha value is -1.10. The lowest BCUT2D eigenvalue weighted by molar-refractivity contribution is -0.132. The van der Waals surface area contributed by atoms with Crippen molar-refractivity contribution in [3.63, 3.8) is 0 Å². The zero-order chi connectivity index (χ0) is 15.0. The standard InChI is InChI=1S/C16H26N2O2.ClH/c1-13(2)11-15(17)16(19)18(3)9-10-20-12-14-7-5-4-6-8-14;/h4-8,13,15H,9-12,17H2,1-3H3;1H/t15-;/m0./s1. The van der Waals surface area contributed by atoms with Crippen LogP contribution in [0.5, 0.6) is 0 Å². The van der Waals surface area contributed by atoms with Gasteiger partial charge in [0.25, 0.3) is 0 Å². The van der Waals surface area contributed by atoms with Gasteiger partial charge in [-0.1, -0.05) is 44.2 Å². The number of carbonyl (C=O) groups is 1. The Morgan fingerprint density at radius 3 is 2.48 bits per heavy atom. The monoisotopic (exact) mass is 314 g/mol. The first-order valence-electron chi connectivity index (χ1n) is 7.13. The van der Waals surface area contributed by atoms with Crippen LogP contribution in [0, 0.1) is 5.92 Å². The maximum absolute atomic E-state index is 12.0. The molecule has 0 bridgehead atoms. The van der Waals surface area contributed by atoms with Crippen molar-refractivity contribution < 1.29 is 9.53 Å². The number of amides is 1. The number of benzene rings is 1. The fourth-order valence-corrected chi connectivity index (χ4v) is 1.97. The number of nitrogens with two attached hydrogens (primary N) is 1. The molecule has 4 nitrogen and oxygen atoms in total. The quantitative estimate of drug-likeness (QED) is 0.750. The van der Waals surface area contributed by atoms with Gasteiger partial charge in [0.1, 0.15) is 0 Å². The number of hydrogen-bond donors (Lipinski definition) is 1. The number of hydrogen-bond acceptors (Lipinski definition) is 3. The molecule has 1 aromatic carbocycles. The van der Waals surface area contributed by atoms with Crippen LogP contribution in [0.1, 0.15) is 25.8 Å². The first-order chi connectivity index (χ1) is 9.50. The van der Waals surface area contributed by atoms with Gasteiger partial charge in [-0.25, -0.2) is 0 Å². The van der Waals surface area contributed by atoms with Crippen LogP contribution in [0.15, 0.2) is 30.3 Å². The van der Waals surface area contributed by atoms with Crippen LogP contribution in [0.2, 0.25) is 0 Å². The number of nitrogens with zero attached hydrogens (tertiary/aromatic N) is 1. The van der Waals surface area contributed by atoms with Crippen molar-refractivity contribution >= 4 is 18.3 Å². The van der Waals surface area contributed by atoms with Crippen molar-refractivity contribution in [3.8, 4) is 0 Å². The number of ether oxygens (including phenoxy) is 1. The summed E-state index contributed by atoms with van der Waals surface area (Å²) in [6, 6.07) is 9.58. The highest BCUT2D eigenvalue weighted by Gasteiger charge is 2.18. The average molecular weight is 315 g/mol. The summed E-state index contributed by atoms with van der Waals surface area (Å²) in [5.74, 6) is 0.415. The molecule has 0 fully saturated rings. The zero-order valence-corrected chi connectivity index (χ0v) is 13.9. The predicted octanol–water partition coefficient (Wildman–Crippen LogP) is 2.46. The lowest BCUT2D eigenvalue weighted by atomic mass is 10.0. The minimum absolute atomic E-state index is 0. The van der Waals surface area contributed by atoms with Gasteiger partial charge in [-0.05, 0) is 17.9 Å². The average Bonchev–Trinajstić information content (AvgIpc) is 2.43. The van der Waals surface area contributed by atoms with Crippen molar-refractivity contribution in [1.82, 2.24) is 4.90 Å². The van der Waals surface area contributed by atoms with E-state index in [0.29, 0.717) is 32.1 Å². The van der Waals surface area contributed by atoms with E-state index in [4.69, 9.17) is 10.5 Å². The third kappa shape index (κ3) is 8.05. The van der Waals surface area contributed by atoms with Crippen molar-refractivity contribution in [1.29, 1.82) is 0 Å². The molecule has 0 heterocycles. The molecule has 1 aromatic rings. The van der Waals surface area contributed by atoms with E-state index >= 15 is 0 Å². The smallest absolute Gasteiger partial charge is 0.239 e. The number of carbonyl (C=O) groups excluding carboxylic acids is 1. The molecule has 0 saturated heterocycles. The SMILES string of the molecule is CC(C)C[C@H](N)C(=O)N(C)CCOCc1ccccc1.Cl. The topological polar surface area (TPSA) is 55.6 Å². The van der Waals surface area contributed by atoms with Gasteiger partial charge in [0.15, 0.2) is 0 Å². The fourth-order valence-electron chi connectivity index (χ4n) is 1.97. The van der Waals surface area contributed by atoms with E-state index in [9.17, 15) is 4.79 Å². The third-order valence-electron chi connectivity index (χ3n) is 3.10. The van der Waals surface area contributed by atoms with Crippen LogP contribution in [-0.4, -0.2) is 37.0 Å². The highest BCUT2D eigenvalue weighted by Crippen LogP contribution is 2.05. The number of halogens is 1.